The Labute approximate surface area is 299 Å². The number of aromatic nitrogens is 2. The van der Waals surface area contributed by atoms with Crippen LogP contribution < -0.4 is 0 Å². The molecule has 9 aromatic carbocycles. The minimum absolute atomic E-state index is 1.16. The molecular weight excluding hydrogens is 629 g/mol. The average molecular weight is 657 g/mol. The SMILES string of the molecule is c1ccc2c(c1)-c1cccc3c1c-2cc1c2ccccc2n(-c2ccc(-n4c5ccccc5c5cc6c7c(cccc7c54)-c4ccccc4-6)cc2)c31. The molecule has 0 saturated carbocycles. The van der Waals surface area contributed by atoms with E-state index in [-0.39, 0.29) is 0 Å². The Bertz CT molecular complexity index is 3160. The molecule has 2 heterocycles. The van der Waals surface area contributed by atoms with Crippen LogP contribution in [0.25, 0.3) is 121 Å². The van der Waals surface area contributed by atoms with E-state index in [1.165, 1.54) is 110 Å². The van der Waals surface area contributed by atoms with Crippen molar-refractivity contribution in [3.05, 3.63) is 170 Å². The first-order valence-corrected chi connectivity index (χ1v) is 18.1. The van der Waals surface area contributed by atoms with Gasteiger partial charge in [-0.2, -0.15) is 0 Å². The Morgan fingerprint density at radius 3 is 1.04 bits per heavy atom. The van der Waals surface area contributed by atoms with E-state index < -0.39 is 0 Å². The fourth-order valence-corrected chi connectivity index (χ4v) is 9.93. The summed E-state index contributed by atoms with van der Waals surface area (Å²) >= 11 is 0. The van der Waals surface area contributed by atoms with Crippen molar-refractivity contribution in [3.8, 4) is 55.9 Å². The van der Waals surface area contributed by atoms with Crippen molar-refractivity contribution in [1.29, 1.82) is 0 Å². The molecule has 0 bridgehead atoms. The van der Waals surface area contributed by atoms with Gasteiger partial charge in [-0.3, -0.25) is 0 Å². The molecule has 52 heavy (non-hydrogen) atoms. The molecule has 0 N–H and O–H groups in total. The Kier molecular flexibility index (Phi) is 4.89. The lowest BCUT2D eigenvalue weighted by molar-refractivity contribution is 1.15. The van der Waals surface area contributed by atoms with Crippen LogP contribution in [0.2, 0.25) is 0 Å². The van der Waals surface area contributed by atoms with Crippen LogP contribution in [0.1, 0.15) is 0 Å². The Morgan fingerprint density at radius 2 is 0.596 bits per heavy atom. The second-order valence-electron chi connectivity index (χ2n) is 14.4. The first kappa shape index (κ1) is 26.9. The molecule has 11 aromatic rings. The zero-order valence-corrected chi connectivity index (χ0v) is 28.1. The van der Waals surface area contributed by atoms with Crippen LogP contribution in [0.3, 0.4) is 0 Å². The predicted molar refractivity (Wildman–Crippen MR) is 219 cm³/mol. The van der Waals surface area contributed by atoms with Crippen molar-refractivity contribution < 1.29 is 0 Å². The van der Waals surface area contributed by atoms with Gasteiger partial charge in [-0.05, 0) is 104 Å². The molecule has 2 aromatic heterocycles. The highest BCUT2D eigenvalue weighted by molar-refractivity contribution is 6.29. The second kappa shape index (κ2) is 9.45. The topological polar surface area (TPSA) is 9.86 Å². The number of hydrogen-bond acceptors (Lipinski definition) is 0. The predicted octanol–water partition coefficient (Wildman–Crippen LogP) is 13.5. The molecule has 0 fully saturated rings. The summed E-state index contributed by atoms with van der Waals surface area (Å²) in [4.78, 5) is 0. The van der Waals surface area contributed by atoms with Gasteiger partial charge in [0.2, 0.25) is 0 Å². The third-order valence-corrected chi connectivity index (χ3v) is 12.0. The zero-order valence-electron chi connectivity index (χ0n) is 28.1. The van der Waals surface area contributed by atoms with Gasteiger partial charge in [0.1, 0.15) is 0 Å². The van der Waals surface area contributed by atoms with Crippen LogP contribution in [0.15, 0.2) is 170 Å². The molecule has 0 atom stereocenters. The average Bonchev–Trinajstić information content (AvgIpc) is 3.93. The number of nitrogens with zero attached hydrogens (tertiary/aromatic N) is 2. The maximum absolute atomic E-state index is 2.49. The molecule has 2 aliphatic rings. The van der Waals surface area contributed by atoms with Gasteiger partial charge in [-0.1, -0.05) is 121 Å². The number of hydrogen-bond donors (Lipinski definition) is 0. The van der Waals surface area contributed by atoms with Crippen LogP contribution in [-0.2, 0) is 0 Å². The van der Waals surface area contributed by atoms with Crippen LogP contribution >= 0.6 is 0 Å². The van der Waals surface area contributed by atoms with Gasteiger partial charge in [-0.15, -0.1) is 0 Å². The quantitative estimate of drug-likeness (QED) is 0.175. The maximum atomic E-state index is 2.49. The van der Waals surface area contributed by atoms with Crippen LogP contribution in [0.4, 0.5) is 0 Å². The summed E-state index contributed by atoms with van der Waals surface area (Å²) in [5, 5.41) is 10.5. The summed E-state index contributed by atoms with van der Waals surface area (Å²) in [5.74, 6) is 0. The van der Waals surface area contributed by atoms with Gasteiger partial charge in [0.05, 0.1) is 22.1 Å². The number of benzene rings is 9. The number of fused-ring (bicyclic) bond motifs is 14. The molecule has 238 valence electrons. The molecule has 0 spiro atoms. The molecule has 0 unspecified atom stereocenters. The molecule has 0 aliphatic heterocycles. The lowest BCUT2D eigenvalue weighted by atomic mass is 9.99. The number of para-hydroxylation sites is 2. The van der Waals surface area contributed by atoms with Crippen molar-refractivity contribution in [2.24, 2.45) is 0 Å². The van der Waals surface area contributed by atoms with Gasteiger partial charge in [0.25, 0.3) is 0 Å². The van der Waals surface area contributed by atoms with E-state index in [1.807, 2.05) is 0 Å². The number of rotatable bonds is 2. The van der Waals surface area contributed by atoms with Gasteiger partial charge < -0.3 is 9.13 Å². The van der Waals surface area contributed by atoms with Gasteiger partial charge >= 0.3 is 0 Å². The molecule has 2 heteroatoms. The summed E-state index contributed by atoms with van der Waals surface area (Å²) in [7, 11) is 0. The highest BCUT2D eigenvalue weighted by atomic mass is 15.0. The van der Waals surface area contributed by atoms with Gasteiger partial charge in [-0.25, -0.2) is 0 Å². The minimum Gasteiger partial charge on any atom is -0.309 e. The molecule has 0 radical (unpaired) electrons. The first-order chi connectivity index (χ1) is 25.8. The van der Waals surface area contributed by atoms with Gasteiger partial charge in [0.15, 0.2) is 0 Å². The van der Waals surface area contributed by atoms with E-state index in [9.17, 15) is 0 Å². The Hall–Kier alpha value is -6.90. The summed E-state index contributed by atoms with van der Waals surface area (Å²) in [6, 6.07) is 63.3. The zero-order chi connectivity index (χ0) is 33.7. The Balaban J connectivity index is 1.08. The van der Waals surface area contributed by atoms with Crippen molar-refractivity contribution >= 4 is 65.2 Å². The molecule has 2 nitrogen and oxygen atoms in total. The first-order valence-electron chi connectivity index (χ1n) is 18.1. The van der Waals surface area contributed by atoms with E-state index in [2.05, 4.69) is 179 Å². The van der Waals surface area contributed by atoms with Crippen LogP contribution in [-0.4, -0.2) is 9.13 Å². The normalized spacial score (nSPS) is 12.6. The second-order valence-corrected chi connectivity index (χ2v) is 14.4. The largest absolute Gasteiger partial charge is 0.309 e. The highest BCUT2D eigenvalue weighted by Crippen LogP contribution is 2.52. The summed E-state index contributed by atoms with van der Waals surface area (Å²) in [5.41, 5.74) is 17.9. The van der Waals surface area contributed by atoms with E-state index >= 15 is 0 Å². The molecule has 13 rings (SSSR count). The fourth-order valence-electron chi connectivity index (χ4n) is 9.93. The van der Waals surface area contributed by atoms with E-state index in [1.54, 1.807) is 0 Å². The van der Waals surface area contributed by atoms with E-state index in [4.69, 9.17) is 0 Å². The standard InChI is InChI=1S/C50H28N2/c1-3-13-33-31(11-1)37-17-9-19-39-47(37)41(33)27-43-35-15-5-7-21-45(35)51(49(39)43)29-23-25-30(26-24-29)52-46-22-8-6-16-36(46)44-28-42-34-14-4-2-12-32(34)38-18-10-20-40(48(38)42)50(44)52/h1-28H. The summed E-state index contributed by atoms with van der Waals surface area (Å²) < 4.78 is 4.97. The van der Waals surface area contributed by atoms with E-state index in [0.717, 1.165) is 11.4 Å². The monoisotopic (exact) mass is 656 g/mol. The van der Waals surface area contributed by atoms with Gasteiger partial charge in [0, 0.05) is 43.7 Å². The Morgan fingerprint density at radius 1 is 0.250 bits per heavy atom. The van der Waals surface area contributed by atoms with Crippen molar-refractivity contribution in [2.75, 3.05) is 0 Å². The molecule has 2 aliphatic carbocycles. The van der Waals surface area contributed by atoms with Crippen molar-refractivity contribution in [2.45, 2.75) is 0 Å². The third-order valence-electron chi connectivity index (χ3n) is 12.0. The molecule has 0 saturated heterocycles. The molecular formula is C50H28N2. The van der Waals surface area contributed by atoms with Crippen molar-refractivity contribution in [3.63, 3.8) is 0 Å². The fraction of sp³-hybridized carbons (Fsp3) is 0. The third kappa shape index (κ3) is 3.18. The van der Waals surface area contributed by atoms with Crippen LogP contribution in [0, 0.1) is 0 Å². The maximum Gasteiger partial charge on any atom is 0.0620 e. The summed E-state index contributed by atoms with van der Waals surface area (Å²) in [6.45, 7) is 0. The molecule has 0 amide bonds. The lowest BCUT2D eigenvalue weighted by Crippen LogP contribution is -1.98. The lowest BCUT2D eigenvalue weighted by Gasteiger charge is -2.14. The summed E-state index contributed by atoms with van der Waals surface area (Å²) in [6.07, 6.45) is 0. The minimum atomic E-state index is 1.16. The van der Waals surface area contributed by atoms with Crippen LogP contribution in [0.5, 0.6) is 0 Å². The van der Waals surface area contributed by atoms with Crippen molar-refractivity contribution in [1.82, 2.24) is 9.13 Å². The highest BCUT2D eigenvalue weighted by Gasteiger charge is 2.27. The smallest absolute Gasteiger partial charge is 0.0620 e. The van der Waals surface area contributed by atoms with E-state index in [0.29, 0.717) is 0 Å².